The van der Waals surface area contributed by atoms with E-state index in [1.807, 2.05) is 6.07 Å². The van der Waals surface area contributed by atoms with Crippen molar-refractivity contribution in [3.63, 3.8) is 0 Å². The Morgan fingerprint density at radius 3 is 2.32 bits per heavy atom. The second-order valence-electron chi connectivity index (χ2n) is 5.19. The van der Waals surface area contributed by atoms with E-state index in [0.717, 1.165) is 12.8 Å². The Morgan fingerprint density at radius 1 is 0.960 bits per heavy atom. The van der Waals surface area contributed by atoms with E-state index in [-0.39, 0.29) is 31.5 Å². The molecular formula is C17H26O7S. The summed E-state index contributed by atoms with van der Waals surface area (Å²) in [6.07, 6.45) is 1.49. The van der Waals surface area contributed by atoms with E-state index < -0.39 is 10.1 Å². The number of hydrogen-bond donors (Lipinski definition) is 0. The summed E-state index contributed by atoms with van der Waals surface area (Å²) < 4.78 is 43.6. The second-order valence-corrected chi connectivity index (χ2v) is 6.83. The monoisotopic (exact) mass is 374 g/mol. The molecule has 0 saturated carbocycles. The van der Waals surface area contributed by atoms with Gasteiger partial charge >= 0.3 is 5.97 Å². The van der Waals surface area contributed by atoms with Crippen LogP contribution in [-0.4, -0.2) is 54.0 Å². The highest BCUT2D eigenvalue weighted by Crippen LogP contribution is 2.07. The third kappa shape index (κ3) is 11.7. The van der Waals surface area contributed by atoms with Gasteiger partial charge in [-0.1, -0.05) is 30.3 Å². The molecule has 0 aliphatic rings. The maximum absolute atomic E-state index is 11.8. The smallest absolute Gasteiger partial charge is 0.332 e. The van der Waals surface area contributed by atoms with E-state index >= 15 is 0 Å². The molecule has 0 fully saturated rings. The first kappa shape index (κ1) is 21.6. The van der Waals surface area contributed by atoms with E-state index in [1.165, 1.54) is 0 Å². The molecule has 0 N–H and O–H groups in total. The molecule has 1 rings (SSSR count). The predicted octanol–water partition coefficient (Wildman–Crippen LogP) is 1.91. The van der Waals surface area contributed by atoms with Crippen molar-refractivity contribution < 1.29 is 31.6 Å². The summed E-state index contributed by atoms with van der Waals surface area (Å²) in [5.41, 5.74) is 0.686. The van der Waals surface area contributed by atoms with Crippen LogP contribution in [0.3, 0.4) is 0 Å². The van der Waals surface area contributed by atoms with Crippen LogP contribution in [0.5, 0.6) is 0 Å². The van der Waals surface area contributed by atoms with Crippen LogP contribution < -0.4 is 0 Å². The standard InChI is InChI=1S/C17H26O7S/c1-2-23-17(18)14-22-11-7-6-10-21-12-13-24-25(19,20)15-16-8-4-3-5-9-16/h3-5,8-9H,2,6-7,10-15H2,1H3. The van der Waals surface area contributed by atoms with Crippen LogP contribution >= 0.6 is 0 Å². The fraction of sp³-hybridized carbons (Fsp3) is 0.588. The van der Waals surface area contributed by atoms with Crippen molar-refractivity contribution in [2.75, 3.05) is 39.6 Å². The Balaban J connectivity index is 1.97. The molecule has 0 aliphatic heterocycles. The number of unbranched alkanes of at least 4 members (excludes halogenated alkanes) is 1. The van der Waals surface area contributed by atoms with Crippen LogP contribution in [0.2, 0.25) is 0 Å². The Labute approximate surface area is 149 Å². The van der Waals surface area contributed by atoms with E-state index in [2.05, 4.69) is 0 Å². The number of ether oxygens (including phenoxy) is 3. The molecule has 0 bridgehead atoms. The predicted molar refractivity (Wildman–Crippen MR) is 92.5 cm³/mol. The van der Waals surface area contributed by atoms with Gasteiger partial charge in [-0.25, -0.2) is 4.79 Å². The van der Waals surface area contributed by atoms with Gasteiger partial charge in [-0.3, -0.25) is 4.18 Å². The zero-order valence-electron chi connectivity index (χ0n) is 14.5. The third-order valence-electron chi connectivity index (χ3n) is 3.03. The largest absolute Gasteiger partial charge is 0.464 e. The molecule has 8 heteroatoms. The molecular weight excluding hydrogens is 348 g/mol. The Morgan fingerprint density at radius 2 is 1.64 bits per heavy atom. The molecule has 0 aliphatic carbocycles. The second kappa shape index (κ2) is 12.8. The lowest BCUT2D eigenvalue weighted by molar-refractivity contribution is -0.148. The highest BCUT2D eigenvalue weighted by Gasteiger charge is 2.12. The van der Waals surface area contributed by atoms with Crippen molar-refractivity contribution >= 4 is 16.1 Å². The number of carbonyl (C=O) groups excluding carboxylic acids is 1. The molecule has 1 aromatic rings. The fourth-order valence-corrected chi connectivity index (χ4v) is 2.91. The third-order valence-corrected chi connectivity index (χ3v) is 4.24. The number of esters is 1. The highest BCUT2D eigenvalue weighted by atomic mass is 32.2. The van der Waals surface area contributed by atoms with Gasteiger partial charge in [0.1, 0.15) is 12.4 Å². The van der Waals surface area contributed by atoms with Crippen LogP contribution in [0.25, 0.3) is 0 Å². The van der Waals surface area contributed by atoms with Crippen molar-refractivity contribution in [2.45, 2.75) is 25.5 Å². The zero-order valence-corrected chi connectivity index (χ0v) is 15.3. The van der Waals surface area contributed by atoms with Crippen LogP contribution in [0.15, 0.2) is 30.3 Å². The minimum Gasteiger partial charge on any atom is -0.464 e. The summed E-state index contributed by atoms with van der Waals surface area (Å²) >= 11 is 0. The van der Waals surface area contributed by atoms with Crippen molar-refractivity contribution in [3.05, 3.63) is 35.9 Å². The molecule has 0 amide bonds. The molecule has 7 nitrogen and oxygen atoms in total. The Bertz CT molecular complexity index is 572. The number of carbonyl (C=O) groups is 1. The summed E-state index contributed by atoms with van der Waals surface area (Å²) in [6, 6.07) is 8.87. The number of hydrogen-bond acceptors (Lipinski definition) is 7. The van der Waals surface area contributed by atoms with Crippen LogP contribution in [0.4, 0.5) is 0 Å². The van der Waals surface area contributed by atoms with Crippen LogP contribution in [0.1, 0.15) is 25.3 Å². The molecule has 0 radical (unpaired) electrons. The van der Waals surface area contributed by atoms with Gasteiger partial charge in [-0.15, -0.1) is 0 Å². The fourth-order valence-electron chi connectivity index (χ4n) is 1.91. The lowest BCUT2D eigenvalue weighted by Crippen LogP contribution is -2.14. The summed E-state index contributed by atoms with van der Waals surface area (Å²) in [7, 11) is -3.60. The van der Waals surface area contributed by atoms with Gasteiger partial charge in [-0.2, -0.15) is 8.42 Å². The van der Waals surface area contributed by atoms with Gasteiger partial charge in [-0.05, 0) is 25.3 Å². The molecule has 0 aromatic heterocycles. The van der Waals surface area contributed by atoms with Gasteiger partial charge in [0, 0.05) is 13.2 Å². The number of benzene rings is 1. The van der Waals surface area contributed by atoms with Crippen molar-refractivity contribution in [2.24, 2.45) is 0 Å². The highest BCUT2D eigenvalue weighted by molar-refractivity contribution is 7.85. The summed E-state index contributed by atoms with van der Waals surface area (Å²) in [5.74, 6) is -0.515. The Kier molecular flexibility index (Phi) is 11.1. The van der Waals surface area contributed by atoms with Gasteiger partial charge in [0.05, 0.1) is 19.8 Å². The van der Waals surface area contributed by atoms with Gasteiger partial charge < -0.3 is 14.2 Å². The average Bonchev–Trinajstić information content (AvgIpc) is 2.57. The van der Waals surface area contributed by atoms with Crippen LogP contribution in [-0.2, 0) is 39.1 Å². The zero-order chi connectivity index (χ0) is 18.4. The Hall–Kier alpha value is -1.48. The first-order valence-electron chi connectivity index (χ1n) is 8.25. The quantitative estimate of drug-likeness (QED) is 0.279. The van der Waals surface area contributed by atoms with Crippen molar-refractivity contribution in [1.82, 2.24) is 0 Å². The molecule has 0 spiro atoms. The SMILES string of the molecule is CCOC(=O)COCCCCOCCOS(=O)(=O)Cc1ccccc1. The van der Waals surface area contributed by atoms with Crippen molar-refractivity contribution in [1.29, 1.82) is 0 Å². The first-order chi connectivity index (χ1) is 12.0. The lowest BCUT2D eigenvalue weighted by atomic mass is 10.2. The maximum Gasteiger partial charge on any atom is 0.332 e. The van der Waals surface area contributed by atoms with Gasteiger partial charge in [0.25, 0.3) is 10.1 Å². The van der Waals surface area contributed by atoms with E-state index in [1.54, 1.807) is 31.2 Å². The van der Waals surface area contributed by atoms with Gasteiger partial charge in [0.2, 0.25) is 0 Å². The summed E-state index contributed by atoms with van der Waals surface area (Å²) in [4.78, 5) is 11.0. The topological polar surface area (TPSA) is 88.1 Å². The molecule has 0 saturated heterocycles. The lowest BCUT2D eigenvalue weighted by Gasteiger charge is -2.07. The van der Waals surface area contributed by atoms with Crippen LogP contribution in [0, 0.1) is 0 Å². The van der Waals surface area contributed by atoms with E-state index in [9.17, 15) is 13.2 Å². The summed E-state index contributed by atoms with van der Waals surface area (Å²) in [5, 5.41) is 0. The minimum atomic E-state index is -3.60. The van der Waals surface area contributed by atoms with E-state index in [0.29, 0.717) is 25.4 Å². The number of rotatable bonds is 14. The molecule has 142 valence electrons. The average molecular weight is 374 g/mol. The van der Waals surface area contributed by atoms with E-state index in [4.69, 9.17) is 18.4 Å². The molecule has 25 heavy (non-hydrogen) atoms. The minimum absolute atomic E-state index is 0.00543. The first-order valence-corrected chi connectivity index (χ1v) is 9.83. The normalized spacial score (nSPS) is 11.4. The molecule has 1 aromatic carbocycles. The molecule has 0 unspecified atom stereocenters. The summed E-state index contributed by atoms with van der Waals surface area (Å²) in [6.45, 7) is 3.17. The van der Waals surface area contributed by atoms with Gasteiger partial charge in [0.15, 0.2) is 0 Å². The molecule has 0 atom stereocenters. The van der Waals surface area contributed by atoms with Crippen molar-refractivity contribution in [3.8, 4) is 0 Å². The maximum atomic E-state index is 11.8. The molecule has 0 heterocycles.